The zero-order valence-electron chi connectivity index (χ0n) is 11.6. The molecule has 4 nitrogen and oxygen atoms in total. The van der Waals surface area contributed by atoms with Gasteiger partial charge in [-0.3, -0.25) is 4.79 Å². The van der Waals surface area contributed by atoms with Gasteiger partial charge in [-0.15, -0.1) is 0 Å². The molecule has 1 amide bonds. The van der Waals surface area contributed by atoms with Gasteiger partial charge < -0.3 is 4.90 Å². The van der Waals surface area contributed by atoms with E-state index in [1.165, 1.54) is 4.90 Å². The molecule has 0 spiro atoms. The first-order chi connectivity index (χ1) is 9.11. The smallest absolute Gasteiger partial charge is 0.226 e. The van der Waals surface area contributed by atoms with Crippen LogP contribution >= 0.6 is 23.2 Å². The Kier molecular flexibility index (Phi) is 5.86. The van der Waals surface area contributed by atoms with Crippen molar-refractivity contribution in [1.29, 1.82) is 0 Å². The van der Waals surface area contributed by atoms with E-state index in [0.29, 0.717) is 10.0 Å². The number of hydrogen-bond acceptors (Lipinski definition) is 3. The van der Waals surface area contributed by atoms with E-state index in [1.54, 1.807) is 32.2 Å². The van der Waals surface area contributed by atoms with E-state index in [9.17, 15) is 13.2 Å². The molecular weight excluding hydrogens is 321 g/mol. The first kappa shape index (κ1) is 17.3. The predicted octanol–water partition coefficient (Wildman–Crippen LogP) is 2.63. The van der Waals surface area contributed by atoms with Crippen molar-refractivity contribution >= 4 is 38.9 Å². The molecule has 0 radical (unpaired) electrons. The molecule has 0 bridgehead atoms. The fraction of sp³-hybridized carbons (Fsp3) is 0.462. The zero-order chi connectivity index (χ0) is 15.5. The second kappa shape index (κ2) is 6.78. The molecule has 0 fully saturated rings. The van der Waals surface area contributed by atoms with Crippen molar-refractivity contribution in [2.45, 2.75) is 13.5 Å². The Morgan fingerprint density at radius 2 is 1.95 bits per heavy atom. The molecule has 0 saturated carbocycles. The number of hydrogen-bond donors (Lipinski definition) is 0. The standard InChI is InChI=1S/C13H17Cl2NO3S/c1-9(8-20(3,18)19)13(17)16(2)7-10-5-4-6-11(14)12(10)15/h4-6,9H,7-8H2,1-3H3. The minimum Gasteiger partial charge on any atom is -0.341 e. The average Bonchev–Trinajstić information content (AvgIpc) is 2.31. The van der Waals surface area contributed by atoms with Crippen molar-refractivity contribution in [3.63, 3.8) is 0 Å². The van der Waals surface area contributed by atoms with Crippen LogP contribution < -0.4 is 0 Å². The lowest BCUT2D eigenvalue weighted by Gasteiger charge is -2.21. The quantitative estimate of drug-likeness (QED) is 0.829. The molecule has 1 aromatic rings. The van der Waals surface area contributed by atoms with Gasteiger partial charge in [0.05, 0.1) is 15.8 Å². The van der Waals surface area contributed by atoms with E-state index in [-0.39, 0.29) is 18.2 Å². The van der Waals surface area contributed by atoms with Crippen LogP contribution in [0.3, 0.4) is 0 Å². The molecule has 0 aliphatic rings. The van der Waals surface area contributed by atoms with Crippen molar-refractivity contribution in [3.05, 3.63) is 33.8 Å². The number of carbonyl (C=O) groups excluding carboxylic acids is 1. The lowest BCUT2D eigenvalue weighted by Crippen LogP contribution is -2.34. The van der Waals surface area contributed by atoms with Crippen LogP contribution in [0.5, 0.6) is 0 Å². The van der Waals surface area contributed by atoms with E-state index in [1.807, 2.05) is 0 Å². The molecule has 1 atom stereocenters. The maximum atomic E-state index is 12.1. The average molecular weight is 338 g/mol. The van der Waals surface area contributed by atoms with Gasteiger partial charge in [0.2, 0.25) is 5.91 Å². The number of halogens is 2. The SMILES string of the molecule is CC(CS(C)(=O)=O)C(=O)N(C)Cc1cccc(Cl)c1Cl. The lowest BCUT2D eigenvalue weighted by molar-refractivity contribution is -0.133. The van der Waals surface area contributed by atoms with Crippen LogP contribution in [0.25, 0.3) is 0 Å². The summed E-state index contributed by atoms with van der Waals surface area (Å²) in [4.78, 5) is 13.6. The van der Waals surface area contributed by atoms with Gasteiger partial charge in [-0.1, -0.05) is 42.3 Å². The van der Waals surface area contributed by atoms with Crippen LogP contribution in [0.15, 0.2) is 18.2 Å². The topological polar surface area (TPSA) is 54.5 Å². The molecule has 0 aliphatic carbocycles. The van der Waals surface area contributed by atoms with Crippen LogP contribution in [0.1, 0.15) is 12.5 Å². The number of benzene rings is 1. The van der Waals surface area contributed by atoms with Gasteiger partial charge in [-0.05, 0) is 11.6 Å². The fourth-order valence-corrected chi connectivity index (χ4v) is 3.34. The molecule has 7 heteroatoms. The molecule has 1 rings (SSSR count). The maximum Gasteiger partial charge on any atom is 0.226 e. The van der Waals surface area contributed by atoms with Crippen LogP contribution in [-0.4, -0.2) is 38.3 Å². The van der Waals surface area contributed by atoms with Crippen molar-refractivity contribution < 1.29 is 13.2 Å². The van der Waals surface area contributed by atoms with Crippen molar-refractivity contribution in [1.82, 2.24) is 4.90 Å². The second-order valence-corrected chi connectivity index (χ2v) is 7.87. The van der Waals surface area contributed by atoms with Crippen LogP contribution in [0.2, 0.25) is 10.0 Å². The van der Waals surface area contributed by atoms with E-state index in [0.717, 1.165) is 11.8 Å². The highest BCUT2D eigenvalue weighted by molar-refractivity contribution is 7.90. The first-order valence-electron chi connectivity index (χ1n) is 5.97. The van der Waals surface area contributed by atoms with Crippen LogP contribution in [0, 0.1) is 5.92 Å². The molecule has 20 heavy (non-hydrogen) atoms. The van der Waals surface area contributed by atoms with Gasteiger partial charge >= 0.3 is 0 Å². The van der Waals surface area contributed by atoms with Crippen molar-refractivity contribution in [2.24, 2.45) is 5.92 Å². The van der Waals surface area contributed by atoms with Gasteiger partial charge in [0.15, 0.2) is 0 Å². The largest absolute Gasteiger partial charge is 0.341 e. The highest BCUT2D eigenvalue weighted by Gasteiger charge is 2.22. The van der Waals surface area contributed by atoms with Crippen LogP contribution in [0.4, 0.5) is 0 Å². The minimum atomic E-state index is -3.18. The van der Waals surface area contributed by atoms with Gasteiger partial charge in [0.25, 0.3) is 0 Å². The number of carbonyl (C=O) groups is 1. The third-order valence-electron chi connectivity index (χ3n) is 2.79. The fourth-order valence-electron chi connectivity index (χ4n) is 1.91. The Morgan fingerprint density at radius 3 is 2.50 bits per heavy atom. The molecule has 0 aliphatic heterocycles. The summed E-state index contributed by atoms with van der Waals surface area (Å²) in [6, 6.07) is 5.20. The number of sulfone groups is 1. The van der Waals surface area contributed by atoms with Gasteiger partial charge in [-0.2, -0.15) is 0 Å². The highest BCUT2D eigenvalue weighted by atomic mass is 35.5. The minimum absolute atomic E-state index is 0.167. The van der Waals surface area contributed by atoms with E-state index < -0.39 is 15.8 Å². The molecule has 112 valence electrons. The van der Waals surface area contributed by atoms with Crippen molar-refractivity contribution in [2.75, 3.05) is 19.1 Å². The third kappa shape index (κ3) is 4.96. The predicted molar refractivity (Wildman–Crippen MR) is 81.8 cm³/mol. The molecule has 0 N–H and O–H groups in total. The van der Waals surface area contributed by atoms with Crippen molar-refractivity contribution in [3.8, 4) is 0 Å². The van der Waals surface area contributed by atoms with Gasteiger partial charge in [-0.25, -0.2) is 8.42 Å². The monoisotopic (exact) mass is 337 g/mol. The summed E-state index contributed by atoms with van der Waals surface area (Å²) in [6.07, 6.45) is 1.12. The second-order valence-electron chi connectivity index (χ2n) is 4.90. The molecule has 0 aromatic heterocycles. The van der Waals surface area contributed by atoms with E-state index >= 15 is 0 Å². The van der Waals surface area contributed by atoms with Crippen LogP contribution in [-0.2, 0) is 21.2 Å². The molecule has 0 saturated heterocycles. The van der Waals surface area contributed by atoms with Gasteiger partial charge in [0.1, 0.15) is 9.84 Å². The summed E-state index contributed by atoms with van der Waals surface area (Å²) in [5, 5.41) is 0.832. The Morgan fingerprint density at radius 1 is 1.35 bits per heavy atom. The molecule has 1 aromatic carbocycles. The molecule has 0 heterocycles. The van der Waals surface area contributed by atoms with E-state index in [4.69, 9.17) is 23.2 Å². The summed E-state index contributed by atoms with van der Waals surface area (Å²) < 4.78 is 22.4. The number of rotatable bonds is 5. The van der Waals surface area contributed by atoms with Gasteiger partial charge in [0, 0.05) is 25.8 Å². The highest BCUT2D eigenvalue weighted by Crippen LogP contribution is 2.26. The Hall–Kier alpha value is -0.780. The first-order valence-corrected chi connectivity index (χ1v) is 8.79. The number of amides is 1. The maximum absolute atomic E-state index is 12.1. The molecular formula is C13H17Cl2NO3S. The zero-order valence-corrected chi connectivity index (χ0v) is 13.9. The Labute approximate surface area is 129 Å². The summed E-state index contributed by atoms with van der Waals surface area (Å²) in [5.41, 5.74) is 0.724. The summed E-state index contributed by atoms with van der Waals surface area (Å²) in [5.74, 6) is -1.00. The normalized spacial score (nSPS) is 13.1. The third-order valence-corrected chi connectivity index (χ3v) is 4.75. The summed E-state index contributed by atoms with van der Waals surface area (Å²) in [7, 11) is -1.57. The molecule has 1 unspecified atom stereocenters. The Balaban J connectivity index is 2.78. The number of nitrogens with zero attached hydrogens (tertiary/aromatic N) is 1. The summed E-state index contributed by atoms with van der Waals surface area (Å²) in [6.45, 7) is 1.88. The lowest BCUT2D eigenvalue weighted by atomic mass is 10.1. The Bertz CT molecular complexity index is 602. The van der Waals surface area contributed by atoms with E-state index in [2.05, 4.69) is 0 Å². The summed E-state index contributed by atoms with van der Waals surface area (Å²) >= 11 is 12.0.